The van der Waals surface area contributed by atoms with E-state index in [2.05, 4.69) is 36.1 Å². The van der Waals surface area contributed by atoms with Crippen molar-refractivity contribution in [3.63, 3.8) is 0 Å². The smallest absolute Gasteiger partial charge is 0.127 e. The Balaban J connectivity index is 1.72. The fraction of sp³-hybridized carbons (Fsp3) is 0.571. The molecule has 0 spiro atoms. The average Bonchev–Trinajstić information content (AvgIpc) is 2.39. The van der Waals surface area contributed by atoms with Crippen molar-refractivity contribution < 1.29 is 15.5 Å². The largest absolute Gasteiger partial charge is 0.357 e. The highest BCUT2D eigenvalue weighted by Gasteiger charge is 2.22. The Hall–Kier alpha value is -0.900. The summed E-state index contributed by atoms with van der Waals surface area (Å²) >= 11 is 0. The molecule has 0 aliphatic carbocycles. The number of rotatable bonds is 5. The molecule has 0 saturated carbocycles. The van der Waals surface area contributed by atoms with E-state index in [1.165, 1.54) is 51.3 Å². The van der Waals surface area contributed by atoms with E-state index < -0.39 is 0 Å². The standard InChI is InChI=1S/C14H23N3/c15-7-4-8-16-9-11-17(12-10-16)13-14-5-2-1-3-6-14/h1-3,5-6H,4,7-13,15H2/p+3. The summed E-state index contributed by atoms with van der Waals surface area (Å²) in [6.07, 6.45) is 1.28. The number of piperazine rings is 1. The van der Waals surface area contributed by atoms with Gasteiger partial charge in [-0.15, -0.1) is 0 Å². The first-order chi connectivity index (χ1) is 8.38. The zero-order valence-corrected chi connectivity index (χ0v) is 10.8. The molecule has 1 fully saturated rings. The quantitative estimate of drug-likeness (QED) is 0.510. The van der Waals surface area contributed by atoms with Crippen LogP contribution in [0.15, 0.2) is 30.3 Å². The minimum Gasteiger partial charge on any atom is -0.357 e. The van der Waals surface area contributed by atoms with Crippen LogP contribution in [0.5, 0.6) is 0 Å². The van der Waals surface area contributed by atoms with Gasteiger partial charge in [-0.3, -0.25) is 0 Å². The van der Waals surface area contributed by atoms with Crippen LogP contribution in [-0.4, -0.2) is 39.3 Å². The lowest BCUT2D eigenvalue weighted by Crippen LogP contribution is -3.27. The molecule has 1 aliphatic rings. The van der Waals surface area contributed by atoms with Gasteiger partial charge >= 0.3 is 0 Å². The third-order valence-electron chi connectivity index (χ3n) is 3.74. The van der Waals surface area contributed by atoms with Crippen LogP contribution in [0.2, 0.25) is 0 Å². The zero-order valence-electron chi connectivity index (χ0n) is 10.8. The van der Waals surface area contributed by atoms with Gasteiger partial charge in [0.1, 0.15) is 32.7 Å². The van der Waals surface area contributed by atoms with E-state index >= 15 is 0 Å². The van der Waals surface area contributed by atoms with Crippen LogP contribution in [0.3, 0.4) is 0 Å². The fourth-order valence-electron chi connectivity index (χ4n) is 2.64. The summed E-state index contributed by atoms with van der Waals surface area (Å²) in [6.45, 7) is 8.92. The van der Waals surface area contributed by atoms with Crippen LogP contribution in [0.4, 0.5) is 0 Å². The Morgan fingerprint density at radius 2 is 1.59 bits per heavy atom. The van der Waals surface area contributed by atoms with Crippen molar-refractivity contribution in [3.05, 3.63) is 35.9 Å². The molecule has 94 valence electrons. The van der Waals surface area contributed by atoms with Gasteiger partial charge < -0.3 is 15.5 Å². The van der Waals surface area contributed by atoms with Crippen molar-refractivity contribution in [1.29, 1.82) is 0 Å². The molecule has 0 unspecified atom stereocenters. The molecule has 1 aliphatic heterocycles. The van der Waals surface area contributed by atoms with E-state index in [0.29, 0.717) is 0 Å². The highest BCUT2D eigenvalue weighted by Crippen LogP contribution is 1.94. The summed E-state index contributed by atoms with van der Waals surface area (Å²) in [5.74, 6) is 0. The predicted octanol–water partition coefficient (Wildman–Crippen LogP) is -2.40. The van der Waals surface area contributed by atoms with Crippen LogP contribution >= 0.6 is 0 Å². The second kappa shape index (κ2) is 6.74. The van der Waals surface area contributed by atoms with E-state index in [1.807, 2.05) is 0 Å². The molecule has 1 saturated heterocycles. The van der Waals surface area contributed by atoms with E-state index in [1.54, 1.807) is 9.80 Å². The SMILES string of the molecule is [NH3+]CCC[NH+]1CC[NH+](Cc2ccccc2)CC1. The number of hydrogen-bond donors (Lipinski definition) is 3. The van der Waals surface area contributed by atoms with Gasteiger partial charge in [-0.2, -0.15) is 0 Å². The first kappa shape index (κ1) is 12.6. The summed E-state index contributed by atoms with van der Waals surface area (Å²) < 4.78 is 0. The van der Waals surface area contributed by atoms with E-state index in [9.17, 15) is 0 Å². The number of benzene rings is 1. The van der Waals surface area contributed by atoms with Gasteiger partial charge in [-0.05, 0) is 0 Å². The van der Waals surface area contributed by atoms with Crippen molar-refractivity contribution in [2.45, 2.75) is 13.0 Å². The highest BCUT2D eigenvalue weighted by atomic mass is 15.3. The Labute approximate surface area is 104 Å². The minimum atomic E-state index is 1.09. The lowest BCUT2D eigenvalue weighted by molar-refractivity contribution is -1.02. The molecule has 17 heavy (non-hydrogen) atoms. The molecule has 0 atom stereocenters. The Bertz CT molecular complexity index is 305. The minimum absolute atomic E-state index is 1.09. The summed E-state index contributed by atoms with van der Waals surface area (Å²) in [6, 6.07) is 10.9. The van der Waals surface area contributed by atoms with E-state index in [4.69, 9.17) is 0 Å². The van der Waals surface area contributed by atoms with Crippen LogP contribution in [-0.2, 0) is 6.54 Å². The maximum absolute atomic E-state index is 3.92. The molecule has 0 aromatic heterocycles. The fourth-order valence-corrected chi connectivity index (χ4v) is 2.64. The molecule has 0 radical (unpaired) electrons. The van der Waals surface area contributed by atoms with Crippen LogP contribution < -0.4 is 15.5 Å². The average molecular weight is 236 g/mol. The molecule has 3 nitrogen and oxygen atoms in total. The lowest BCUT2D eigenvalue weighted by Gasteiger charge is -2.29. The molecule has 1 aromatic carbocycles. The first-order valence-electron chi connectivity index (χ1n) is 6.89. The van der Waals surface area contributed by atoms with Gasteiger partial charge in [-0.1, -0.05) is 30.3 Å². The molecule has 5 N–H and O–H groups in total. The first-order valence-corrected chi connectivity index (χ1v) is 6.89. The van der Waals surface area contributed by atoms with Crippen molar-refractivity contribution >= 4 is 0 Å². The molecular formula is C14H26N3+3. The molecular weight excluding hydrogens is 210 g/mol. The van der Waals surface area contributed by atoms with Crippen molar-refractivity contribution in [2.75, 3.05) is 39.3 Å². The summed E-state index contributed by atoms with van der Waals surface area (Å²) in [4.78, 5) is 3.53. The predicted molar refractivity (Wildman–Crippen MR) is 68.8 cm³/mol. The summed E-state index contributed by atoms with van der Waals surface area (Å²) in [5, 5.41) is 0. The van der Waals surface area contributed by atoms with Gasteiger partial charge in [-0.25, -0.2) is 0 Å². The van der Waals surface area contributed by atoms with E-state index in [-0.39, 0.29) is 0 Å². The Kier molecular flexibility index (Phi) is 4.98. The van der Waals surface area contributed by atoms with Crippen LogP contribution in [0, 0.1) is 0 Å². The number of nitrogens with one attached hydrogen (secondary N) is 2. The third kappa shape index (κ3) is 4.11. The Morgan fingerprint density at radius 3 is 2.24 bits per heavy atom. The zero-order chi connectivity index (χ0) is 11.9. The maximum atomic E-state index is 3.92. The van der Waals surface area contributed by atoms with Gasteiger partial charge in [0.25, 0.3) is 0 Å². The second-order valence-electron chi connectivity index (χ2n) is 5.12. The van der Waals surface area contributed by atoms with Crippen molar-refractivity contribution in [1.82, 2.24) is 0 Å². The van der Waals surface area contributed by atoms with Gasteiger partial charge in [0.2, 0.25) is 0 Å². The van der Waals surface area contributed by atoms with Gasteiger partial charge in [0.05, 0.1) is 13.1 Å². The monoisotopic (exact) mass is 236 g/mol. The molecule has 2 rings (SSSR count). The second-order valence-corrected chi connectivity index (χ2v) is 5.12. The van der Waals surface area contributed by atoms with Crippen molar-refractivity contribution in [2.24, 2.45) is 0 Å². The topological polar surface area (TPSA) is 36.5 Å². The maximum Gasteiger partial charge on any atom is 0.127 e. The van der Waals surface area contributed by atoms with Gasteiger partial charge in [0, 0.05) is 12.0 Å². The van der Waals surface area contributed by atoms with Crippen LogP contribution in [0.25, 0.3) is 0 Å². The highest BCUT2D eigenvalue weighted by molar-refractivity contribution is 5.13. The van der Waals surface area contributed by atoms with Gasteiger partial charge in [0.15, 0.2) is 0 Å². The van der Waals surface area contributed by atoms with E-state index in [0.717, 1.165) is 6.54 Å². The Morgan fingerprint density at radius 1 is 0.941 bits per heavy atom. The van der Waals surface area contributed by atoms with Crippen LogP contribution in [0.1, 0.15) is 12.0 Å². The number of quaternary nitrogens is 3. The third-order valence-corrected chi connectivity index (χ3v) is 3.74. The summed E-state index contributed by atoms with van der Waals surface area (Å²) in [7, 11) is 0. The summed E-state index contributed by atoms with van der Waals surface area (Å²) in [5.41, 5.74) is 5.40. The molecule has 3 heteroatoms. The van der Waals surface area contributed by atoms with Crippen molar-refractivity contribution in [3.8, 4) is 0 Å². The number of hydrogen-bond acceptors (Lipinski definition) is 0. The molecule has 1 aromatic rings. The normalized spacial score (nSPS) is 24.8. The lowest BCUT2D eigenvalue weighted by atomic mass is 10.2. The molecule has 1 heterocycles. The molecule has 0 amide bonds. The molecule has 0 bridgehead atoms.